The van der Waals surface area contributed by atoms with Crippen molar-refractivity contribution in [2.45, 2.75) is 13.3 Å². The second-order valence-corrected chi connectivity index (χ2v) is 5.40. The van der Waals surface area contributed by atoms with Gasteiger partial charge in [-0.1, -0.05) is 54.6 Å². The number of hydrazone groups is 1. The summed E-state index contributed by atoms with van der Waals surface area (Å²) in [5.74, 6) is -0.686. The fourth-order valence-electron chi connectivity index (χ4n) is 2.65. The van der Waals surface area contributed by atoms with Crippen LogP contribution in [0.2, 0.25) is 0 Å². The van der Waals surface area contributed by atoms with Crippen LogP contribution in [0.25, 0.3) is 0 Å². The predicted molar refractivity (Wildman–Crippen MR) is 90.6 cm³/mol. The Balaban J connectivity index is 2.05. The maximum Gasteiger partial charge on any atom is 0.327 e. The Labute approximate surface area is 140 Å². The Bertz CT molecular complexity index is 784. The van der Waals surface area contributed by atoms with Crippen molar-refractivity contribution < 1.29 is 14.3 Å². The molecule has 0 unspecified atom stereocenters. The summed E-state index contributed by atoms with van der Waals surface area (Å²) < 4.78 is 4.95. The molecule has 0 radical (unpaired) electrons. The average molecular weight is 322 g/mol. The van der Waals surface area contributed by atoms with Crippen LogP contribution in [0.3, 0.4) is 0 Å². The van der Waals surface area contributed by atoms with Gasteiger partial charge >= 0.3 is 5.97 Å². The molecule has 0 atom stereocenters. The van der Waals surface area contributed by atoms with Crippen molar-refractivity contribution in [1.82, 2.24) is 5.01 Å². The number of amides is 1. The van der Waals surface area contributed by atoms with E-state index >= 15 is 0 Å². The number of hydrogen-bond donors (Lipinski definition) is 0. The van der Waals surface area contributed by atoms with Gasteiger partial charge in [0.15, 0.2) is 0 Å². The normalized spacial score (nSPS) is 13.8. The Morgan fingerprint density at radius 2 is 1.83 bits per heavy atom. The van der Waals surface area contributed by atoms with Gasteiger partial charge in [-0.3, -0.25) is 9.59 Å². The second kappa shape index (κ2) is 7.08. The molecule has 24 heavy (non-hydrogen) atoms. The second-order valence-electron chi connectivity index (χ2n) is 5.40. The van der Waals surface area contributed by atoms with Crippen LogP contribution >= 0.6 is 0 Å². The highest BCUT2D eigenvalue weighted by Gasteiger charge is 2.25. The van der Waals surface area contributed by atoms with Gasteiger partial charge in [-0.2, -0.15) is 5.10 Å². The molecule has 0 saturated heterocycles. The van der Waals surface area contributed by atoms with Crippen LogP contribution in [0.5, 0.6) is 0 Å². The molecule has 1 heterocycles. The lowest BCUT2D eigenvalue weighted by Crippen LogP contribution is -2.33. The minimum absolute atomic E-state index is 0.184. The van der Waals surface area contributed by atoms with Gasteiger partial charge in [-0.15, -0.1) is 0 Å². The first-order valence-corrected chi connectivity index (χ1v) is 7.87. The molecule has 2 aromatic rings. The molecule has 5 nitrogen and oxygen atoms in total. The third kappa shape index (κ3) is 3.35. The molecule has 3 rings (SSSR count). The quantitative estimate of drug-likeness (QED) is 0.812. The molecule has 0 aliphatic carbocycles. The molecular formula is C19H18N2O3. The topological polar surface area (TPSA) is 59.0 Å². The molecule has 1 amide bonds. The standard InChI is InChI=1S/C19H18N2O3/c1-2-24-18(23)13-21-17(22)12-15-10-6-7-11-16(15)19(20-21)14-8-4-3-5-9-14/h3-11H,2,12-13H2,1H3. The van der Waals surface area contributed by atoms with E-state index in [1.54, 1.807) is 6.92 Å². The monoisotopic (exact) mass is 322 g/mol. The molecule has 0 spiro atoms. The van der Waals surface area contributed by atoms with Crippen molar-refractivity contribution >= 4 is 17.6 Å². The SMILES string of the molecule is CCOC(=O)CN1N=C(c2ccccc2)c2ccccc2CC1=O. The van der Waals surface area contributed by atoms with Crippen molar-refractivity contribution in [3.63, 3.8) is 0 Å². The number of fused-ring (bicyclic) bond motifs is 1. The van der Waals surface area contributed by atoms with Crippen molar-refractivity contribution in [2.75, 3.05) is 13.2 Å². The number of hydrogen-bond acceptors (Lipinski definition) is 4. The number of rotatable bonds is 4. The molecule has 0 aromatic heterocycles. The van der Waals surface area contributed by atoms with E-state index in [1.807, 2.05) is 54.6 Å². The van der Waals surface area contributed by atoms with E-state index in [-0.39, 0.29) is 25.5 Å². The minimum atomic E-state index is -0.465. The number of nitrogens with zero attached hydrogens (tertiary/aromatic N) is 2. The summed E-state index contributed by atoms with van der Waals surface area (Å²) in [5, 5.41) is 5.70. The summed E-state index contributed by atoms with van der Waals surface area (Å²) in [4.78, 5) is 24.3. The zero-order valence-corrected chi connectivity index (χ0v) is 13.4. The Kier molecular flexibility index (Phi) is 4.70. The van der Waals surface area contributed by atoms with Gasteiger partial charge in [0.25, 0.3) is 0 Å². The van der Waals surface area contributed by atoms with E-state index in [9.17, 15) is 9.59 Å². The van der Waals surface area contributed by atoms with Crippen LogP contribution in [-0.4, -0.2) is 35.7 Å². The van der Waals surface area contributed by atoms with Crippen molar-refractivity contribution in [3.05, 3.63) is 71.3 Å². The summed E-state index contributed by atoms with van der Waals surface area (Å²) in [6, 6.07) is 17.3. The van der Waals surface area contributed by atoms with Gasteiger partial charge in [-0.05, 0) is 12.5 Å². The van der Waals surface area contributed by atoms with Gasteiger partial charge < -0.3 is 4.74 Å². The number of benzene rings is 2. The molecule has 0 N–H and O–H groups in total. The van der Waals surface area contributed by atoms with E-state index in [0.29, 0.717) is 5.71 Å². The molecular weight excluding hydrogens is 304 g/mol. The number of esters is 1. The van der Waals surface area contributed by atoms with E-state index in [1.165, 1.54) is 5.01 Å². The summed E-state index contributed by atoms with van der Waals surface area (Å²) in [6.07, 6.45) is 0.204. The summed E-state index contributed by atoms with van der Waals surface area (Å²) in [5.41, 5.74) is 3.38. The summed E-state index contributed by atoms with van der Waals surface area (Å²) >= 11 is 0. The van der Waals surface area contributed by atoms with Crippen LogP contribution in [0, 0.1) is 0 Å². The smallest absolute Gasteiger partial charge is 0.327 e. The highest BCUT2D eigenvalue weighted by molar-refractivity contribution is 6.15. The first-order chi connectivity index (χ1) is 11.7. The highest BCUT2D eigenvalue weighted by atomic mass is 16.5. The molecule has 122 valence electrons. The van der Waals surface area contributed by atoms with E-state index in [0.717, 1.165) is 16.7 Å². The maximum atomic E-state index is 12.5. The van der Waals surface area contributed by atoms with Crippen molar-refractivity contribution in [1.29, 1.82) is 0 Å². The zero-order valence-electron chi connectivity index (χ0n) is 13.4. The number of carbonyl (C=O) groups is 2. The first kappa shape index (κ1) is 15.9. The van der Waals surface area contributed by atoms with Crippen molar-refractivity contribution in [3.8, 4) is 0 Å². The zero-order chi connectivity index (χ0) is 16.9. The molecule has 1 aliphatic heterocycles. The van der Waals surface area contributed by atoms with Gasteiger partial charge in [0.05, 0.1) is 18.7 Å². The van der Waals surface area contributed by atoms with Crippen LogP contribution in [0.4, 0.5) is 0 Å². The summed E-state index contributed by atoms with van der Waals surface area (Å²) in [7, 11) is 0. The molecule has 1 aliphatic rings. The Morgan fingerprint density at radius 1 is 1.12 bits per heavy atom. The lowest BCUT2D eigenvalue weighted by Gasteiger charge is -2.15. The van der Waals surface area contributed by atoms with Gasteiger partial charge in [0.1, 0.15) is 6.54 Å². The van der Waals surface area contributed by atoms with E-state index < -0.39 is 5.97 Å². The highest BCUT2D eigenvalue weighted by Crippen LogP contribution is 2.21. The lowest BCUT2D eigenvalue weighted by atomic mass is 9.96. The molecule has 0 fully saturated rings. The van der Waals surface area contributed by atoms with Crippen LogP contribution in [0.15, 0.2) is 59.7 Å². The molecule has 2 aromatic carbocycles. The first-order valence-electron chi connectivity index (χ1n) is 7.87. The Hall–Kier alpha value is -2.95. The fourth-order valence-corrected chi connectivity index (χ4v) is 2.65. The van der Waals surface area contributed by atoms with Crippen LogP contribution in [0.1, 0.15) is 23.6 Å². The number of ether oxygens (including phenoxy) is 1. The molecule has 0 saturated carbocycles. The molecule has 5 heteroatoms. The number of carbonyl (C=O) groups excluding carboxylic acids is 2. The Morgan fingerprint density at radius 3 is 2.58 bits per heavy atom. The van der Waals surface area contributed by atoms with E-state index in [2.05, 4.69) is 5.10 Å². The van der Waals surface area contributed by atoms with Gasteiger partial charge in [0.2, 0.25) is 5.91 Å². The van der Waals surface area contributed by atoms with Crippen molar-refractivity contribution in [2.24, 2.45) is 5.10 Å². The minimum Gasteiger partial charge on any atom is -0.465 e. The third-order valence-electron chi connectivity index (χ3n) is 3.75. The maximum absolute atomic E-state index is 12.5. The van der Waals surface area contributed by atoms with Gasteiger partial charge in [0, 0.05) is 11.1 Å². The largest absolute Gasteiger partial charge is 0.465 e. The van der Waals surface area contributed by atoms with E-state index in [4.69, 9.17) is 4.74 Å². The lowest BCUT2D eigenvalue weighted by molar-refractivity contribution is -0.148. The van der Waals surface area contributed by atoms with Crippen LogP contribution < -0.4 is 0 Å². The fraction of sp³-hybridized carbons (Fsp3) is 0.211. The average Bonchev–Trinajstić information content (AvgIpc) is 2.73. The third-order valence-corrected chi connectivity index (χ3v) is 3.75. The predicted octanol–water partition coefficient (Wildman–Crippen LogP) is 2.39. The summed E-state index contributed by atoms with van der Waals surface area (Å²) in [6.45, 7) is 1.82. The van der Waals surface area contributed by atoms with Gasteiger partial charge in [-0.25, -0.2) is 5.01 Å². The van der Waals surface area contributed by atoms with Crippen LogP contribution in [-0.2, 0) is 20.7 Å². The molecule has 0 bridgehead atoms.